The number of thioether (sulfide) groups is 1. The predicted molar refractivity (Wildman–Crippen MR) is 110 cm³/mol. The Hall–Kier alpha value is -3.64. The van der Waals surface area contributed by atoms with Gasteiger partial charge in [0, 0.05) is 29.8 Å². The van der Waals surface area contributed by atoms with Crippen LogP contribution in [-0.4, -0.2) is 36.4 Å². The zero-order valence-electron chi connectivity index (χ0n) is 14.3. The molecule has 1 amide bonds. The normalized spacial score (nSPS) is 15.4. The summed E-state index contributed by atoms with van der Waals surface area (Å²) in [6.45, 7) is 0. The van der Waals surface area contributed by atoms with E-state index in [1.165, 1.54) is 36.6 Å². The monoisotopic (exact) mass is 430 g/mol. The molecule has 3 rings (SSSR count). The van der Waals surface area contributed by atoms with E-state index in [2.05, 4.69) is 5.10 Å². The molecule has 1 aliphatic heterocycles. The Kier molecular flexibility index (Phi) is 5.66. The molecule has 0 spiro atoms. The molecule has 0 saturated carbocycles. The highest BCUT2D eigenvalue weighted by atomic mass is 32.2. The number of non-ortho nitro benzene ring substituents is 2. The van der Waals surface area contributed by atoms with Gasteiger partial charge in [-0.25, -0.2) is 0 Å². The summed E-state index contributed by atoms with van der Waals surface area (Å²) in [5.41, 5.74) is 0.303. The molecule has 0 unspecified atom stereocenters. The van der Waals surface area contributed by atoms with Crippen LogP contribution < -0.4 is 0 Å². The van der Waals surface area contributed by atoms with E-state index in [4.69, 9.17) is 12.2 Å². The van der Waals surface area contributed by atoms with Crippen LogP contribution in [0.15, 0.2) is 52.5 Å². The first-order valence-corrected chi connectivity index (χ1v) is 9.02. The van der Waals surface area contributed by atoms with Crippen LogP contribution in [0, 0.1) is 20.2 Å². The second-order valence-electron chi connectivity index (χ2n) is 5.59. The van der Waals surface area contributed by atoms with Crippen LogP contribution in [0.5, 0.6) is 5.75 Å². The third-order valence-corrected chi connectivity index (χ3v) is 4.99. The summed E-state index contributed by atoms with van der Waals surface area (Å²) in [5.74, 6) is -0.792. The summed E-state index contributed by atoms with van der Waals surface area (Å²) in [5, 5.41) is 36.4. The third-order valence-electron chi connectivity index (χ3n) is 3.71. The molecule has 2 aromatic rings. The molecule has 12 heteroatoms. The van der Waals surface area contributed by atoms with Gasteiger partial charge in [-0.05, 0) is 42.1 Å². The van der Waals surface area contributed by atoms with Crippen LogP contribution in [0.4, 0.5) is 11.4 Å². The minimum atomic E-state index is -0.615. The quantitative estimate of drug-likeness (QED) is 0.250. The Labute approximate surface area is 172 Å². The predicted octanol–water partition coefficient (Wildman–Crippen LogP) is 3.44. The van der Waals surface area contributed by atoms with Gasteiger partial charge in [-0.1, -0.05) is 11.8 Å². The first kappa shape index (κ1) is 20.1. The number of carbonyl (C=O) groups is 1. The van der Waals surface area contributed by atoms with Gasteiger partial charge in [-0.2, -0.15) is 10.1 Å². The van der Waals surface area contributed by atoms with Crippen molar-refractivity contribution in [1.29, 1.82) is 0 Å². The lowest BCUT2D eigenvalue weighted by molar-refractivity contribution is -0.385. The van der Waals surface area contributed by atoms with Crippen LogP contribution in [0.25, 0.3) is 6.08 Å². The number of nitro groups is 2. The Morgan fingerprint density at radius 1 is 1.07 bits per heavy atom. The van der Waals surface area contributed by atoms with Gasteiger partial charge >= 0.3 is 0 Å². The highest BCUT2D eigenvalue weighted by molar-refractivity contribution is 8.26. The van der Waals surface area contributed by atoms with E-state index in [0.717, 1.165) is 35.0 Å². The zero-order chi connectivity index (χ0) is 21.1. The molecule has 2 aromatic carbocycles. The van der Waals surface area contributed by atoms with E-state index in [-0.39, 0.29) is 31.9 Å². The van der Waals surface area contributed by atoms with Crippen molar-refractivity contribution in [3.63, 3.8) is 0 Å². The number of nitrogens with zero attached hydrogens (tertiary/aromatic N) is 4. The van der Waals surface area contributed by atoms with E-state index in [9.17, 15) is 30.1 Å². The third kappa shape index (κ3) is 4.44. The molecular formula is C17H10N4O6S2. The summed E-state index contributed by atoms with van der Waals surface area (Å²) in [6, 6.07) is 8.99. The molecule has 146 valence electrons. The van der Waals surface area contributed by atoms with Crippen molar-refractivity contribution >= 4 is 57.9 Å². The van der Waals surface area contributed by atoms with Crippen LogP contribution >= 0.6 is 24.0 Å². The highest BCUT2D eigenvalue weighted by Gasteiger charge is 2.32. The molecule has 0 aliphatic carbocycles. The number of carbonyl (C=O) groups excluding carboxylic acids is 1. The van der Waals surface area contributed by atoms with Crippen molar-refractivity contribution in [3.8, 4) is 5.75 Å². The number of benzene rings is 2. The molecule has 0 atom stereocenters. The topological polar surface area (TPSA) is 139 Å². The molecule has 1 aliphatic rings. The van der Waals surface area contributed by atoms with Crippen LogP contribution in [-0.2, 0) is 4.79 Å². The Balaban J connectivity index is 1.82. The number of hydrazone groups is 1. The SMILES string of the molecule is O=C1/C(=C\c2cc([N+](=O)[O-])ccc2O)SC(=S)N1/N=C/c1ccc([N+](=O)[O-])cc1. The molecule has 1 fully saturated rings. The zero-order valence-corrected chi connectivity index (χ0v) is 15.9. The van der Waals surface area contributed by atoms with E-state index in [0.29, 0.717) is 5.56 Å². The maximum absolute atomic E-state index is 12.5. The van der Waals surface area contributed by atoms with Gasteiger partial charge < -0.3 is 5.11 Å². The summed E-state index contributed by atoms with van der Waals surface area (Å²) < 4.78 is 0.129. The van der Waals surface area contributed by atoms with Crippen LogP contribution in [0.3, 0.4) is 0 Å². The molecule has 29 heavy (non-hydrogen) atoms. The lowest BCUT2D eigenvalue weighted by Crippen LogP contribution is -2.22. The lowest BCUT2D eigenvalue weighted by Gasteiger charge is -2.06. The van der Waals surface area contributed by atoms with Gasteiger partial charge in [0.2, 0.25) is 0 Å². The van der Waals surface area contributed by atoms with Gasteiger partial charge in [0.25, 0.3) is 17.3 Å². The maximum Gasteiger partial charge on any atom is 0.286 e. The van der Waals surface area contributed by atoms with Crippen molar-refractivity contribution in [2.45, 2.75) is 0 Å². The highest BCUT2D eigenvalue weighted by Crippen LogP contribution is 2.35. The number of nitro benzene ring substituents is 2. The van der Waals surface area contributed by atoms with Gasteiger partial charge in [0.1, 0.15) is 5.75 Å². The number of aromatic hydroxyl groups is 1. The van der Waals surface area contributed by atoms with Crippen molar-refractivity contribution in [3.05, 3.63) is 78.7 Å². The molecule has 0 bridgehead atoms. The minimum absolute atomic E-state index is 0.0764. The van der Waals surface area contributed by atoms with Gasteiger partial charge in [0.15, 0.2) is 4.32 Å². The van der Waals surface area contributed by atoms with Gasteiger partial charge in [-0.3, -0.25) is 25.0 Å². The van der Waals surface area contributed by atoms with Crippen molar-refractivity contribution in [2.24, 2.45) is 5.10 Å². The Bertz CT molecular complexity index is 1100. The molecule has 0 radical (unpaired) electrons. The molecule has 1 heterocycles. The average Bonchev–Trinajstić information content (AvgIpc) is 2.95. The Morgan fingerprint density at radius 2 is 1.69 bits per heavy atom. The van der Waals surface area contributed by atoms with Gasteiger partial charge in [-0.15, -0.1) is 0 Å². The molecule has 10 nitrogen and oxygen atoms in total. The fourth-order valence-electron chi connectivity index (χ4n) is 2.28. The van der Waals surface area contributed by atoms with E-state index < -0.39 is 15.8 Å². The number of hydrogen-bond acceptors (Lipinski definition) is 9. The number of phenols is 1. The largest absolute Gasteiger partial charge is 0.507 e. The second kappa shape index (κ2) is 8.16. The summed E-state index contributed by atoms with van der Waals surface area (Å²) in [4.78, 5) is 33.1. The standard InChI is InChI=1S/C17H10N4O6S2/c22-14-6-5-13(21(26)27)7-11(14)8-15-16(23)19(17(28)29-15)18-9-10-1-3-12(4-2-10)20(24)25/h1-9,22H/b15-8+,18-9+. The smallest absolute Gasteiger partial charge is 0.286 e. The van der Waals surface area contributed by atoms with Crippen LogP contribution in [0.1, 0.15) is 11.1 Å². The Morgan fingerprint density at radius 3 is 2.31 bits per heavy atom. The molecule has 0 aromatic heterocycles. The fraction of sp³-hybridized carbons (Fsp3) is 0. The van der Waals surface area contributed by atoms with Crippen molar-refractivity contribution in [1.82, 2.24) is 5.01 Å². The molecule has 1 N–H and O–H groups in total. The van der Waals surface area contributed by atoms with Gasteiger partial charge in [0.05, 0.1) is 21.0 Å². The number of phenolic OH excluding ortho intramolecular Hbond substituents is 1. The van der Waals surface area contributed by atoms with Crippen molar-refractivity contribution in [2.75, 3.05) is 0 Å². The average molecular weight is 430 g/mol. The van der Waals surface area contributed by atoms with E-state index in [1.807, 2.05) is 0 Å². The summed E-state index contributed by atoms with van der Waals surface area (Å²) in [7, 11) is 0. The number of hydrogen-bond donors (Lipinski definition) is 1. The van der Waals surface area contributed by atoms with Crippen molar-refractivity contribution < 1.29 is 19.7 Å². The van der Waals surface area contributed by atoms with E-state index in [1.54, 1.807) is 0 Å². The summed E-state index contributed by atoms with van der Waals surface area (Å²) in [6.07, 6.45) is 2.62. The fourth-order valence-corrected chi connectivity index (χ4v) is 3.44. The first-order valence-electron chi connectivity index (χ1n) is 7.80. The van der Waals surface area contributed by atoms with E-state index >= 15 is 0 Å². The first-order chi connectivity index (χ1) is 13.8. The lowest BCUT2D eigenvalue weighted by atomic mass is 10.1. The van der Waals surface area contributed by atoms with Crippen LogP contribution in [0.2, 0.25) is 0 Å². The number of thiocarbonyl (C=S) groups is 1. The maximum atomic E-state index is 12.5. The second-order valence-corrected chi connectivity index (χ2v) is 7.26. The summed E-state index contributed by atoms with van der Waals surface area (Å²) >= 11 is 6.06. The number of amides is 1. The molecular weight excluding hydrogens is 420 g/mol. The minimum Gasteiger partial charge on any atom is -0.507 e. The number of rotatable bonds is 5. The molecule has 1 saturated heterocycles.